The van der Waals surface area contributed by atoms with Crippen molar-refractivity contribution in [2.75, 3.05) is 13.3 Å². The third-order valence-corrected chi connectivity index (χ3v) is 9.13. The molecule has 2 aromatic heterocycles. The number of halogens is 4. The van der Waals surface area contributed by atoms with Crippen LogP contribution in [0.3, 0.4) is 0 Å². The summed E-state index contributed by atoms with van der Waals surface area (Å²) in [7, 11) is 1.65. The Bertz CT molecular complexity index is 1940. The highest BCUT2D eigenvalue weighted by atomic mass is 35.5. The first-order valence-electron chi connectivity index (χ1n) is 15.8. The van der Waals surface area contributed by atoms with Gasteiger partial charge in [0, 0.05) is 24.4 Å². The minimum absolute atomic E-state index is 0.116. The van der Waals surface area contributed by atoms with Crippen molar-refractivity contribution in [2.24, 2.45) is 23.2 Å². The Kier molecular flexibility index (Phi) is 9.09. The fourth-order valence-corrected chi connectivity index (χ4v) is 6.36. The Labute approximate surface area is 290 Å². The molecule has 2 aliphatic rings. The van der Waals surface area contributed by atoms with E-state index in [4.69, 9.17) is 27.1 Å². The predicted octanol–water partition coefficient (Wildman–Crippen LogP) is 5.55. The van der Waals surface area contributed by atoms with Crippen LogP contribution in [0.1, 0.15) is 63.8 Å². The normalized spacial score (nSPS) is 19.1. The third-order valence-electron chi connectivity index (χ3n) is 8.81. The van der Waals surface area contributed by atoms with E-state index in [1.807, 2.05) is 20.8 Å². The van der Waals surface area contributed by atoms with Crippen molar-refractivity contribution in [3.63, 3.8) is 0 Å². The second-order valence-corrected chi connectivity index (χ2v) is 14.2. The summed E-state index contributed by atoms with van der Waals surface area (Å²) in [4.78, 5) is 33.9. The molecule has 2 amide bonds. The number of hydrogen-bond acceptors (Lipinski definition) is 9. The number of hydrogen-bond donors (Lipinski definition) is 2. The zero-order valence-electron chi connectivity index (χ0n) is 27.8. The van der Waals surface area contributed by atoms with E-state index in [9.17, 15) is 22.8 Å². The summed E-state index contributed by atoms with van der Waals surface area (Å²) in [5.74, 6) is -0.241. The zero-order valence-corrected chi connectivity index (χ0v) is 28.5. The number of aryl methyl sites for hydroxylation is 1. The number of nitrogens with one attached hydrogen (secondary N) is 1. The van der Waals surface area contributed by atoms with Crippen molar-refractivity contribution in [3.05, 3.63) is 71.0 Å². The summed E-state index contributed by atoms with van der Waals surface area (Å²) >= 11 is 6.57. The van der Waals surface area contributed by atoms with Crippen LogP contribution in [0.2, 0.25) is 5.02 Å². The second kappa shape index (κ2) is 13.0. The van der Waals surface area contributed by atoms with E-state index in [0.717, 1.165) is 0 Å². The molecule has 0 spiro atoms. The lowest BCUT2D eigenvalue weighted by molar-refractivity contribution is -0.135. The number of rotatable bonds is 11. The van der Waals surface area contributed by atoms with Gasteiger partial charge in [-0.1, -0.05) is 62.7 Å². The van der Waals surface area contributed by atoms with Crippen LogP contribution in [0, 0.1) is 5.41 Å². The molecule has 0 saturated heterocycles. The summed E-state index contributed by atoms with van der Waals surface area (Å²) in [6.45, 7) is 2.01. The average molecular weight is 713 g/mol. The summed E-state index contributed by atoms with van der Waals surface area (Å²) in [5.41, 5.74) is 6.27. The monoisotopic (exact) mass is 712 g/mol. The molecule has 0 bridgehead atoms. The van der Waals surface area contributed by atoms with Crippen molar-refractivity contribution >= 4 is 29.6 Å². The van der Waals surface area contributed by atoms with Gasteiger partial charge in [-0.3, -0.25) is 9.69 Å². The molecule has 17 heteroatoms. The maximum absolute atomic E-state index is 14.9. The fourth-order valence-electron chi connectivity index (χ4n) is 6.16. The lowest BCUT2D eigenvalue weighted by Gasteiger charge is -2.35. The van der Waals surface area contributed by atoms with Crippen LogP contribution in [0.5, 0.6) is 0 Å². The van der Waals surface area contributed by atoms with Gasteiger partial charge in [-0.05, 0) is 63.9 Å². The molecule has 0 unspecified atom stereocenters. The largest absolute Gasteiger partial charge is 0.447 e. The van der Waals surface area contributed by atoms with Gasteiger partial charge in [-0.15, -0.1) is 5.10 Å². The van der Waals surface area contributed by atoms with Crippen LogP contribution in [0.25, 0.3) is 22.5 Å². The van der Waals surface area contributed by atoms with E-state index >= 15 is 0 Å². The SMILES string of the molecule is Cn1nnnc1-c1cc([C@@H](COC(=O)NC2(CF)CC2)N2C(=O)[C@@](CC(C)(C)C)(c3ccc(-c4cnn(C(F)F)c4)cc3)N=C2N)ccc1Cl. The minimum Gasteiger partial charge on any atom is -0.447 e. The number of carbonyl (C=O) groups excluding carboxylic acids is 2. The van der Waals surface area contributed by atoms with E-state index in [-0.39, 0.29) is 19.0 Å². The molecular formula is C33H36ClF3N10O3. The molecule has 1 aliphatic heterocycles. The number of ether oxygens (including phenoxy) is 1. The van der Waals surface area contributed by atoms with Crippen LogP contribution in [0.4, 0.5) is 18.0 Å². The van der Waals surface area contributed by atoms with Gasteiger partial charge in [0.1, 0.15) is 13.3 Å². The average Bonchev–Trinajstić information content (AvgIpc) is 3.34. The highest BCUT2D eigenvalue weighted by molar-refractivity contribution is 6.33. The van der Waals surface area contributed by atoms with Crippen LogP contribution in [-0.2, 0) is 22.1 Å². The van der Waals surface area contributed by atoms with Gasteiger partial charge in [-0.25, -0.2) is 23.5 Å². The molecule has 13 nitrogen and oxygen atoms in total. The summed E-state index contributed by atoms with van der Waals surface area (Å²) < 4.78 is 47.5. The number of benzene rings is 2. The number of aromatic nitrogens is 6. The Hall–Kier alpha value is -4.99. The van der Waals surface area contributed by atoms with Gasteiger partial charge in [0.15, 0.2) is 17.3 Å². The summed E-state index contributed by atoms with van der Waals surface area (Å²) in [5, 5.41) is 18.3. The van der Waals surface area contributed by atoms with Crippen LogP contribution in [0.15, 0.2) is 59.9 Å². The van der Waals surface area contributed by atoms with Gasteiger partial charge in [0.2, 0.25) is 0 Å². The molecule has 1 fully saturated rings. The van der Waals surface area contributed by atoms with Crippen molar-refractivity contribution in [1.29, 1.82) is 0 Å². The predicted molar refractivity (Wildman–Crippen MR) is 178 cm³/mol. The molecule has 2 atom stereocenters. The number of guanidine groups is 1. The molecule has 4 aromatic rings. The standard InChI is InChI=1S/C33H36ClF3N10O3/c1-31(2,3)17-33(22-8-5-19(6-9-22)21-14-39-46(15-21)28(36)37)27(48)47(29(38)40-33)25(16-50-30(49)41-32(18-35)11-12-32)20-7-10-24(34)23(13-20)26-42-43-44-45(26)4/h5-10,13-15,25,28H,11-12,16-18H2,1-4H3,(H2,38,40)(H,41,49)/t25-,33-/m1/s1. The number of carbonyl (C=O) groups is 2. The van der Waals surface area contributed by atoms with E-state index < -0.39 is 47.8 Å². The Morgan fingerprint density at radius 1 is 1.14 bits per heavy atom. The van der Waals surface area contributed by atoms with E-state index in [0.29, 0.717) is 56.2 Å². The smallest absolute Gasteiger partial charge is 0.407 e. The summed E-state index contributed by atoms with van der Waals surface area (Å²) in [6.07, 6.45) is 2.94. The number of nitrogens with zero attached hydrogens (tertiary/aromatic N) is 8. The highest BCUT2D eigenvalue weighted by Gasteiger charge is 2.53. The molecule has 1 aliphatic carbocycles. The van der Waals surface area contributed by atoms with E-state index in [2.05, 4.69) is 25.9 Å². The van der Waals surface area contributed by atoms with E-state index in [1.54, 1.807) is 49.5 Å². The number of alkyl carbamates (subject to hydrolysis) is 1. The molecule has 50 heavy (non-hydrogen) atoms. The Balaban J connectivity index is 1.39. The molecule has 2 aromatic carbocycles. The second-order valence-electron chi connectivity index (χ2n) is 13.8. The molecule has 3 N–H and O–H groups in total. The highest BCUT2D eigenvalue weighted by Crippen LogP contribution is 2.45. The molecule has 6 rings (SSSR count). The van der Waals surface area contributed by atoms with Gasteiger partial charge < -0.3 is 15.8 Å². The number of amides is 2. The van der Waals surface area contributed by atoms with Gasteiger partial charge in [0.05, 0.1) is 22.8 Å². The van der Waals surface area contributed by atoms with Gasteiger partial charge >= 0.3 is 12.6 Å². The number of tetrazole rings is 1. The van der Waals surface area contributed by atoms with Crippen LogP contribution >= 0.6 is 11.6 Å². The van der Waals surface area contributed by atoms with Crippen molar-refractivity contribution in [1.82, 2.24) is 40.2 Å². The van der Waals surface area contributed by atoms with Crippen LogP contribution in [-0.4, -0.2) is 71.7 Å². The maximum Gasteiger partial charge on any atom is 0.407 e. The van der Waals surface area contributed by atoms with Crippen molar-refractivity contribution in [3.8, 4) is 22.5 Å². The maximum atomic E-state index is 14.9. The lowest BCUT2D eigenvalue weighted by atomic mass is 9.75. The van der Waals surface area contributed by atoms with E-state index in [1.165, 1.54) is 22.0 Å². The lowest BCUT2D eigenvalue weighted by Crippen LogP contribution is -2.48. The third kappa shape index (κ3) is 6.75. The topological polar surface area (TPSA) is 158 Å². The first-order valence-corrected chi connectivity index (χ1v) is 16.2. The van der Waals surface area contributed by atoms with Crippen molar-refractivity contribution < 1.29 is 27.5 Å². The first kappa shape index (κ1) is 34.9. The first-order chi connectivity index (χ1) is 23.6. The zero-order chi connectivity index (χ0) is 36.0. The number of aliphatic imine (C=N–C) groups is 1. The molecule has 1 saturated carbocycles. The quantitative estimate of drug-likeness (QED) is 0.205. The summed E-state index contributed by atoms with van der Waals surface area (Å²) in [6, 6.07) is 10.8. The van der Waals surface area contributed by atoms with Gasteiger partial charge in [0.25, 0.3) is 5.91 Å². The Morgan fingerprint density at radius 3 is 2.44 bits per heavy atom. The number of nitrogens with two attached hydrogens (primary N) is 1. The van der Waals surface area contributed by atoms with Gasteiger partial charge in [-0.2, -0.15) is 13.9 Å². The Morgan fingerprint density at radius 2 is 1.86 bits per heavy atom. The fraction of sp³-hybridized carbons (Fsp3) is 0.424. The van der Waals surface area contributed by atoms with Crippen molar-refractivity contribution in [2.45, 2.75) is 63.7 Å². The molecule has 264 valence electrons. The molecule has 0 radical (unpaired) electrons. The molecular weight excluding hydrogens is 677 g/mol. The molecule has 3 heterocycles. The van der Waals surface area contributed by atoms with Crippen LogP contribution < -0.4 is 11.1 Å². The number of alkyl halides is 3. The minimum atomic E-state index is -2.78.